The van der Waals surface area contributed by atoms with Crippen molar-refractivity contribution in [1.29, 1.82) is 0 Å². The maximum Gasteiger partial charge on any atom is 0.0449 e. The van der Waals surface area contributed by atoms with Crippen molar-refractivity contribution in [3.8, 4) is 0 Å². The Kier molecular flexibility index (Phi) is 1.47. The Morgan fingerprint density at radius 1 is 1.75 bits per heavy atom. The first-order chi connectivity index (χ1) is 3.93. The standard InChI is InChI=1S/C6H7N2/c1-7-6-2-4-8-5-3-6/h2,4-5H,1H3,(H,7,8). The highest BCUT2D eigenvalue weighted by Gasteiger charge is 1.79. The van der Waals surface area contributed by atoms with E-state index in [-0.39, 0.29) is 0 Å². The molecule has 0 aliphatic rings. The summed E-state index contributed by atoms with van der Waals surface area (Å²) in [6.45, 7) is 0. The number of anilines is 1. The van der Waals surface area contributed by atoms with Gasteiger partial charge in [-0.05, 0) is 6.07 Å². The molecule has 0 saturated carbocycles. The van der Waals surface area contributed by atoms with Gasteiger partial charge < -0.3 is 5.32 Å². The van der Waals surface area contributed by atoms with E-state index in [2.05, 4.69) is 16.4 Å². The molecule has 0 spiro atoms. The van der Waals surface area contributed by atoms with Gasteiger partial charge in [0.05, 0.1) is 0 Å². The van der Waals surface area contributed by atoms with E-state index in [1.54, 1.807) is 12.4 Å². The van der Waals surface area contributed by atoms with Crippen molar-refractivity contribution in [2.75, 3.05) is 12.4 Å². The minimum absolute atomic E-state index is 0.972. The summed E-state index contributed by atoms with van der Waals surface area (Å²) in [6, 6.07) is 4.76. The van der Waals surface area contributed by atoms with E-state index >= 15 is 0 Å². The molecule has 0 aliphatic heterocycles. The average Bonchev–Trinajstić information content (AvgIpc) is 1.90. The van der Waals surface area contributed by atoms with E-state index in [9.17, 15) is 0 Å². The number of pyridine rings is 1. The van der Waals surface area contributed by atoms with Crippen molar-refractivity contribution in [2.45, 2.75) is 0 Å². The molecule has 41 valence electrons. The minimum Gasteiger partial charge on any atom is -0.388 e. The van der Waals surface area contributed by atoms with Crippen LogP contribution in [0.4, 0.5) is 5.69 Å². The lowest BCUT2D eigenvalue weighted by molar-refractivity contribution is 1.31. The molecule has 0 bridgehead atoms. The SMILES string of the molecule is CNc1[c]cncc1. The van der Waals surface area contributed by atoms with Gasteiger partial charge in [-0.15, -0.1) is 0 Å². The molecule has 1 aromatic heterocycles. The van der Waals surface area contributed by atoms with Gasteiger partial charge in [-0.3, -0.25) is 4.98 Å². The first-order valence-corrected chi connectivity index (χ1v) is 2.43. The van der Waals surface area contributed by atoms with Gasteiger partial charge >= 0.3 is 0 Å². The van der Waals surface area contributed by atoms with Crippen LogP contribution in [0, 0.1) is 6.07 Å². The van der Waals surface area contributed by atoms with E-state index in [0.29, 0.717) is 0 Å². The van der Waals surface area contributed by atoms with Crippen LogP contribution >= 0.6 is 0 Å². The molecule has 2 nitrogen and oxygen atoms in total. The summed E-state index contributed by atoms with van der Waals surface area (Å²) in [4.78, 5) is 3.80. The topological polar surface area (TPSA) is 24.9 Å². The Balaban J connectivity index is 2.83. The van der Waals surface area contributed by atoms with Crippen molar-refractivity contribution < 1.29 is 0 Å². The van der Waals surface area contributed by atoms with Crippen LogP contribution in [0.5, 0.6) is 0 Å². The third kappa shape index (κ3) is 0.964. The van der Waals surface area contributed by atoms with Crippen LogP contribution in [0.2, 0.25) is 0 Å². The van der Waals surface area contributed by atoms with Crippen molar-refractivity contribution >= 4 is 5.69 Å². The summed E-state index contributed by atoms with van der Waals surface area (Å²) in [5, 5.41) is 2.93. The molecule has 1 rings (SSSR count). The first kappa shape index (κ1) is 5.09. The lowest BCUT2D eigenvalue weighted by Gasteiger charge is -1.92. The Morgan fingerprint density at radius 3 is 3.00 bits per heavy atom. The number of rotatable bonds is 1. The summed E-state index contributed by atoms with van der Waals surface area (Å²) in [5.41, 5.74) is 0.972. The Morgan fingerprint density at radius 2 is 2.62 bits per heavy atom. The van der Waals surface area contributed by atoms with Crippen LogP contribution in [-0.4, -0.2) is 12.0 Å². The molecule has 8 heavy (non-hydrogen) atoms. The minimum atomic E-state index is 0.972. The zero-order chi connectivity index (χ0) is 5.82. The lowest BCUT2D eigenvalue weighted by atomic mass is 10.4. The fourth-order valence-electron chi connectivity index (χ4n) is 0.471. The molecule has 1 N–H and O–H groups in total. The molecule has 0 amide bonds. The number of nitrogens with zero attached hydrogens (tertiary/aromatic N) is 1. The molecular weight excluding hydrogens is 100 g/mol. The first-order valence-electron chi connectivity index (χ1n) is 2.43. The van der Waals surface area contributed by atoms with Gasteiger partial charge in [0, 0.05) is 31.2 Å². The molecule has 1 aromatic rings. The Labute approximate surface area is 48.6 Å². The number of hydrogen-bond acceptors (Lipinski definition) is 2. The molecule has 0 aromatic carbocycles. The molecule has 0 atom stereocenters. The maximum absolute atomic E-state index is 3.80. The third-order valence-electron chi connectivity index (χ3n) is 0.891. The number of nitrogens with one attached hydrogen (secondary N) is 1. The second kappa shape index (κ2) is 2.31. The van der Waals surface area contributed by atoms with Gasteiger partial charge in [0.2, 0.25) is 0 Å². The number of hydrogen-bond donors (Lipinski definition) is 1. The van der Waals surface area contributed by atoms with Crippen LogP contribution in [0.1, 0.15) is 0 Å². The summed E-state index contributed by atoms with van der Waals surface area (Å²) in [5.74, 6) is 0. The normalized spacial score (nSPS) is 8.62. The van der Waals surface area contributed by atoms with Crippen LogP contribution in [0.25, 0.3) is 0 Å². The Bertz CT molecular complexity index is 148. The molecule has 0 fully saturated rings. The van der Waals surface area contributed by atoms with Crippen LogP contribution in [-0.2, 0) is 0 Å². The quantitative estimate of drug-likeness (QED) is 0.577. The molecule has 1 radical (unpaired) electrons. The lowest BCUT2D eigenvalue weighted by Crippen LogP contribution is -1.86. The summed E-state index contributed by atoms with van der Waals surface area (Å²) < 4.78 is 0. The highest BCUT2D eigenvalue weighted by molar-refractivity contribution is 5.38. The second-order valence-corrected chi connectivity index (χ2v) is 1.40. The van der Waals surface area contributed by atoms with Crippen molar-refractivity contribution in [3.05, 3.63) is 24.5 Å². The average molecular weight is 107 g/mol. The van der Waals surface area contributed by atoms with Crippen LogP contribution in [0.3, 0.4) is 0 Å². The monoisotopic (exact) mass is 107 g/mol. The summed E-state index contributed by atoms with van der Waals surface area (Å²) >= 11 is 0. The summed E-state index contributed by atoms with van der Waals surface area (Å²) in [6.07, 6.45) is 3.36. The van der Waals surface area contributed by atoms with Gasteiger partial charge in [0.1, 0.15) is 0 Å². The van der Waals surface area contributed by atoms with E-state index in [1.807, 2.05) is 13.1 Å². The van der Waals surface area contributed by atoms with Crippen LogP contribution in [0.15, 0.2) is 18.5 Å². The zero-order valence-electron chi connectivity index (χ0n) is 4.68. The van der Waals surface area contributed by atoms with Gasteiger partial charge in [0.25, 0.3) is 0 Å². The molecule has 0 saturated heterocycles. The van der Waals surface area contributed by atoms with Gasteiger partial charge in [0.15, 0.2) is 0 Å². The molecule has 1 heterocycles. The van der Waals surface area contributed by atoms with Crippen molar-refractivity contribution in [3.63, 3.8) is 0 Å². The second-order valence-electron chi connectivity index (χ2n) is 1.40. The molecule has 2 heteroatoms. The maximum atomic E-state index is 3.80. The predicted molar refractivity (Wildman–Crippen MR) is 32.6 cm³/mol. The molecule has 0 aliphatic carbocycles. The predicted octanol–water partition coefficient (Wildman–Crippen LogP) is 0.923. The smallest absolute Gasteiger partial charge is 0.0449 e. The van der Waals surface area contributed by atoms with E-state index in [4.69, 9.17) is 0 Å². The zero-order valence-corrected chi connectivity index (χ0v) is 4.68. The van der Waals surface area contributed by atoms with Crippen molar-refractivity contribution in [2.24, 2.45) is 0 Å². The van der Waals surface area contributed by atoms with E-state index in [0.717, 1.165) is 5.69 Å². The molecule has 0 unspecified atom stereocenters. The van der Waals surface area contributed by atoms with Gasteiger partial charge in [-0.25, -0.2) is 0 Å². The van der Waals surface area contributed by atoms with Gasteiger partial charge in [-0.2, -0.15) is 0 Å². The van der Waals surface area contributed by atoms with E-state index < -0.39 is 0 Å². The fraction of sp³-hybridized carbons (Fsp3) is 0.167. The summed E-state index contributed by atoms with van der Waals surface area (Å²) in [7, 11) is 1.85. The van der Waals surface area contributed by atoms with Crippen molar-refractivity contribution in [1.82, 2.24) is 4.98 Å². The third-order valence-corrected chi connectivity index (χ3v) is 0.891. The Hall–Kier alpha value is -1.05. The highest BCUT2D eigenvalue weighted by Crippen LogP contribution is 1.98. The molecular formula is C6H7N2. The van der Waals surface area contributed by atoms with Gasteiger partial charge in [-0.1, -0.05) is 0 Å². The largest absolute Gasteiger partial charge is 0.388 e. The van der Waals surface area contributed by atoms with Crippen LogP contribution < -0.4 is 5.32 Å². The number of aromatic nitrogens is 1. The van der Waals surface area contributed by atoms with E-state index in [1.165, 1.54) is 0 Å². The fourth-order valence-corrected chi connectivity index (χ4v) is 0.471. The highest BCUT2D eigenvalue weighted by atomic mass is 14.8.